The third kappa shape index (κ3) is 4.74. The van der Waals surface area contributed by atoms with Gasteiger partial charge in [-0.1, -0.05) is 29.8 Å². The summed E-state index contributed by atoms with van der Waals surface area (Å²) in [6.45, 7) is 3.72. The second-order valence-electron chi connectivity index (χ2n) is 6.04. The van der Waals surface area contributed by atoms with E-state index in [2.05, 4.69) is 15.3 Å². The molecule has 3 aromatic rings. The average Bonchev–Trinajstić information content (AvgIpc) is 2.65. The number of rotatable bonds is 5. The van der Waals surface area contributed by atoms with Crippen LogP contribution in [0.3, 0.4) is 0 Å². The maximum Gasteiger partial charge on any atom is 0.274 e. The average molecular weight is 383 g/mol. The van der Waals surface area contributed by atoms with Gasteiger partial charge in [0, 0.05) is 23.6 Å². The lowest BCUT2D eigenvalue weighted by Gasteiger charge is -2.17. The van der Waals surface area contributed by atoms with E-state index in [9.17, 15) is 4.79 Å². The van der Waals surface area contributed by atoms with Gasteiger partial charge < -0.3 is 15.8 Å². The van der Waals surface area contributed by atoms with Gasteiger partial charge in [-0.25, -0.2) is 9.97 Å². The summed E-state index contributed by atoms with van der Waals surface area (Å²) in [5, 5.41) is 3.29. The van der Waals surface area contributed by atoms with Crippen LogP contribution >= 0.6 is 11.6 Å². The monoisotopic (exact) mass is 382 g/mol. The Morgan fingerprint density at radius 2 is 2.00 bits per heavy atom. The van der Waals surface area contributed by atoms with Crippen molar-refractivity contribution in [3.05, 3.63) is 76.7 Å². The fourth-order valence-electron chi connectivity index (χ4n) is 2.52. The lowest BCUT2D eigenvalue weighted by atomic mass is 10.1. The van der Waals surface area contributed by atoms with Crippen molar-refractivity contribution in [2.45, 2.75) is 20.0 Å². The Hall–Kier alpha value is -3.12. The summed E-state index contributed by atoms with van der Waals surface area (Å²) >= 11 is 5.95. The molecule has 2 heterocycles. The van der Waals surface area contributed by atoms with Crippen LogP contribution in [-0.2, 0) is 0 Å². The molecule has 3 N–H and O–H groups in total. The molecule has 1 amide bonds. The van der Waals surface area contributed by atoms with Gasteiger partial charge in [-0.2, -0.15) is 0 Å². The van der Waals surface area contributed by atoms with Gasteiger partial charge in [0.1, 0.15) is 11.8 Å². The van der Waals surface area contributed by atoms with E-state index in [4.69, 9.17) is 22.1 Å². The van der Waals surface area contributed by atoms with Crippen LogP contribution in [0.1, 0.15) is 34.8 Å². The number of hydrogen-bond donors (Lipinski definition) is 2. The number of pyridine rings is 2. The number of aromatic nitrogens is 2. The second-order valence-corrected chi connectivity index (χ2v) is 6.48. The van der Waals surface area contributed by atoms with E-state index in [1.54, 1.807) is 24.3 Å². The van der Waals surface area contributed by atoms with Crippen LogP contribution in [-0.4, -0.2) is 15.9 Å². The van der Waals surface area contributed by atoms with Gasteiger partial charge in [0.2, 0.25) is 0 Å². The number of nitrogen functional groups attached to an aromatic ring is 1. The summed E-state index contributed by atoms with van der Waals surface area (Å²) in [5.74, 6) is 0.405. The number of aryl methyl sites for hydroxylation is 1. The van der Waals surface area contributed by atoms with E-state index in [1.165, 1.54) is 6.20 Å². The van der Waals surface area contributed by atoms with E-state index in [-0.39, 0.29) is 17.8 Å². The van der Waals surface area contributed by atoms with Crippen molar-refractivity contribution in [1.29, 1.82) is 0 Å². The van der Waals surface area contributed by atoms with Gasteiger partial charge in [-0.3, -0.25) is 4.79 Å². The molecule has 0 fully saturated rings. The first kappa shape index (κ1) is 18.7. The van der Waals surface area contributed by atoms with Crippen molar-refractivity contribution < 1.29 is 9.53 Å². The van der Waals surface area contributed by atoms with Crippen molar-refractivity contribution in [3.63, 3.8) is 0 Å². The number of anilines is 2. The molecule has 6 nitrogen and oxygen atoms in total. The molecule has 3 rings (SSSR count). The summed E-state index contributed by atoms with van der Waals surface area (Å²) in [6, 6.07) is 14.3. The molecule has 0 bridgehead atoms. The zero-order valence-electron chi connectivity index (χ0n) is 14.9. The Bertz CT molecular complexity index is 978. The molecule has 0 spiro atoms. The van der Waals surface area contributed by atoms with E-state index < -0.39 is 0 Å². The molecule has 0 radical (unpaired) electrons. The smallest absolute Gasteiger partial charge is 0.274 e. The van der Waals surface area contributed by atoms with E-state index in [0.29, 0.717) is 22.2 Å². The molecule has 7 heteroatoms. The predicted molar refractivity (Wildman–Crippen MR) is 106 cm³/mol. The van der Waals surface area contributed by atoms with Crippen molar-refractivity contribution >= 4 is 29.0 Å². The van der Waals surface area contributed by atoms with Crippen LogP contribution in [0.2, 0.25) is 5.02 Å². The Kier molecular flexibility index (Phi) is 5.57. The minimum absolute atomic E-state index is 0.265. The Balaban J connectivity index is 1.74. The molecule has 1 atom stereocenters. The largest absolute Gasteiger partial charge is 0.482 e. The van der Waals surface area contributed by atoms with Crippen LogP contribution in [0.25, 0.3) is 0 Å². The second kappa shape index (κ2) is 8.05. The van der Waals surface area contributed by atoms with Gasteiger partial charge in [0.15, 0.2) is 11.6 Å². The lowest BCUT2D eigenvalue weighted by Crippen LogP contribution is -2.14. The third-order valence-electron chi connectivity index (χ3n) is 3.89. The highest BCUT2D eigenvalue weighted by molar-refractivity contribution is 6.30. The van der Waals surface area contributed by atoms with Crippen LogP contribution in [0.15, 0.2) is 54.7 Å². The topological polar surface area (TPSA) is 90.1 Å². The summed E-state index contributed by atoms with van der Waals surface area (Å²) in [6.07, 6.45) is 1.14. The van der Waals surface area contributed by atoms with Crippen molar-refractivity contribution in [2.75, 3.05) is 11.1 Å². The highest BCUT2D eigenvalue weighted by Crippen LogP contribution is 2.29. The fraction of sp³-hybridized carbons (Fsp3) is 0.150. The summed E-state index contributed by atoms with van der Waals surface area (Å²) in [4.78, 5) is 20.6. The minimum Gasteiger partial charge on any atom is -0.482 e. The zero-order chi connectivity index (χ0) is 19.4. The molecule has 0 aliphatic rings. The first-order valence-corrected chi connectivity index (χ1v) is 8.73. The molecule has 0 unspecified atom stereocenters. The van der Waals surface area contributed by atoms with Gasteiger partial charge in [-0.05, 0) is 43.7 Å². The Labute approximate surface area is 162 Å². The molecule has 2 aromatic heterocycles. The number of carbonyl (C=O) groups is 1. The molecule has 0 aliphatic heterocycles. The highest BCUT2D eigenvalue weighted by atomic mass is 35.5. The summed E-state index contributed by atoms with van der Waals surface area (Å²) in [5.41, 5.74) is 8.49. The van der Waals surface area contributed by atoms with E-state index >= 15 is 0 Å². The molecular weight excluding hydrogens is 364 g/mol. The lowest BCUT2D eigenvalue weighted by molar-refractivity contribution is 0.102. The molecule has 0 saturated heterocycles. The normalized spacial score (nSPS) is 11.7. The molecule has 0 saturated carbocycles. The van der Waals surface area contributed by atoms with Gasteiger partial charge in [0.25, 0.3) is 5.91 Å². The van der Waals surface area contributed by atoms with Crippen molar-refractivity contribution in [1.82, 2.24) is 9.97 Å². The van der Waals surface area contributed by atoms with Crippen LogP contribution in [0.5, 0.6) is 5.75 Å². The van der Waals surface area contributed by atoms with Crippen LogP contribution in [0.4, 0.5) is 11.5 Å². The number of amides is 1. The quantitative estimate of drug-likeness (QED) is 0.682. The number of carbonyl (C=O) groups excluding carboxylic acids is 1. The number of nitrogens with one attached hydrogen (secondary N) is 1. The van der Waals surface area contributed by atoms with E-state index in [1.807, 2.05) is 38.1 Å². The molecule has 138 valence electrons. The predicted octanol–water partition coefficient (Wildman–Crippen LogP) is 4.41. The summed E-state index contributed by atoms with van der Waals surface area (Å²) in [7, 11) is 0. The SMILES string of the molecule is Cc1cccc(C(=O)Nc2cccc([C@@H](C)Oc3cc(Cl)cnc3N)c2)n1. The number of halogens is 1. The highest BCUT2D eigenvalue weighted by Gasteiger charge is 2.13. The zero-order valence-corrected chi connectivity index (χ0v) is 15.7. The standard InChI is InChI=1S/C20H19ClN4O2/c1-12-5-3-8-17(24-12)20(26)25-16-7-4-6-14(9-16)13(2)27-18-10-15(21)11-23-19(18)22/h3-11,13H,1-2H3,(H2,22,23)(H,25,26)/t13-/m1/s1. The molecule has 1 aromatic carbocycles. The van der Waals surface area contributed by atoms with Crippen LogP contribution in [0, 0.1) is 6.92 Å². The van der Waals surface area contributed by atoms with Crippen molar-refractivity contribution in [3.8, 4) is 5.75 Å². The Morgan fingerprint density at radius 3 is 2.78 bits per heavy atom. The molecular formula is C20H19ClN4O2. The maximum absolute atomic E-state index is 12.4. The molecule has 0 aliphatic carbocycles. The molecule has 27 heavy (non-hydrogen) atoms. The number of nitrogens with two attached hydrogens (primary N) is 1. The minimum atomic E-state index is -0.318. The third-order valence-corrected chi connectivity index (χ3v) is 4.09. The first-order chi connectivity index (χ1) is 12.9. The number of benzene rings is 1. The van der Waals surface area contributed by atoms with Crippen molar-refractivity contribution in [2.24, 2.45) is 0 Å². The fourth-order valence-corrected chi connectivity index (χ4v) is 2.67. The van der Waals surface area contributed by atoms with E-state index in [0.717, 1.165) is 11.3 Å². The number of ether oxygens (including phenoxy) is 1. The maximum atomic E-state index is 12.4. The van der Waals surface area contributed by atoms with Gasteiger partial charge in [-0.15, -0.1) is 0 Å². The van der Waals surface area contributed by atoms with Crippen LogP contribution < -0.4 is 15.8 Å². The van der Waals surface area contributed by atoms with Gasteiger partial charge >= 0.3 is 0 Å². The Morgan fingerprint density at radius 1 is 1.22 bits per heavy atom. The number of hydrogen-bond acceptors (Lipinski definition) is 5. The summed E-state index contributed by atoms with van der Waals surface area (Å²) < 4.78 is 5.88. The first-order valence-electron chi connectivity index (χ1n) is 8.35. The number of nitrogens with zero attached hydrogens (tertiary/aromatic N) is 2. The van der Waals surface area contributed by atoms with Gasteiger partial charge in [0.05, 0.1) is 5.02 Å².